The van der Waals surface area contributed by atoms with E-state index in [0.29, 0.717) is 12.2 Å². The van der Waals surface area contributed by atoms with E-state index in [1.807, 2.05) is 36.4 Å². The predicted molar refractivity (Wildman–Crippen MR) is 69.3 cm³/mol. The third-order valence-electron chi connectivity index (χ3n) is 2.51. The first-order valence-corrected chi connectivity index (χ1v) is 5.55. The zero-order valence-electron chi connectivity index (χ0n) is 10.1. The Labute approximate surface area is 106 Å². The maximum absolute atomic E-state index is 8.76. The Morgan fingerprint density at radius 2 is 2.22 bits per heavy atom. The zero-order valence-corrected chi connectivity index (χ0v) is 10.1. The molecule has 0 bridgehead atoms. The monoisotopic (exact) mass is 239 g/mol. The van der Waals surface area contributed by atoms with Gasteiger partial charge in [0.15, 0.2) is 0 Å². The average molecular weight is 239 g/mol. The van der Waals surface area contributed by atoms with Crippen LogP contribution in [0.4, 0.5) is 5.69 Å². The SMILES string of the molecule is COc1cccc(CNc2ccnc(C#N)c2)c1. The molecule has 0 saturated carbocycles. The number of hydrogen-bond donors (Lipinski definition) is 1. The molecule has 2 aromatic rings. The second-order valence-corrected chi connectivity index (χ2v) is 3.75. The minimum atomic E-state index is 0.408. The van der Waals surface area contributed by atoms with Crippen LogP contribution in [0.5, 0.6) is 5.75 Å². The highest BCUT2D eigenvalue weighted by atomic mass is 16.5. The van der Waals surface area contributed by atoms with Gasteiger partial charge in [-0.25, -0.2) is 4.98 Å². The highest BCUT2D eigenvalue weighted by molar-refractivity contribution is 5.46. The van der Waals surface area contributed by atoms with Gasteiger partial charge in [0, 0.05) is 18.4 Å². The van der Waals surface area contributed by atoms with E-state index in [2.05, 4.69) is 10.3 Å². The molecule has 0 unspecified atom stereocenters. The number of nitrogens with zero attached hydrogens (tertiary/aromatic N) is 2. The van der Waals surface area contributed by atoms with Crippen LogP contribution in [0.1, 0.15) is 11.3 Å². The predicted octanol–water partition coefficient (Wildman–Crippen LogP) is 2.57. The van der Waals surface area contributed by atoms with Crippen molar-refractivity contribution in [3.63, 3.8) is 0 Å². The van der Waals surface area contributed by atoms with Gasteiger partial charge in [-0.15, -0.1) is 0 Å². The summed E-state index contributed by atoms with van der Waals surface area (Å²) in [5, 5.41) is 12.0. The van der Waals surface area contributed by atoms with Crippen molar-refractivity contribution in [3.8, 4) is 11.8 Å². The van der Waals surface area contributed by atoms with Crippen LogP contribution in [0, 0.1) is 11.3 Å². The van der Waals surface area contributed by atoms with Crippen molar-refractivity contribution in [2.75, 3.05) is 12.4 Å². The van der Waals surface area contributed by atoms with E-state index in [9.17, 15) is 0 Å². The van der Waals surface area contributed by atoms with Crippen molar-refractivity contribution in [1.29, 1.82) is 5.26 Å². The van der Waals surface area contributed by atoms with Gasteiger partial charge in [0.05, 0.1) is 7.11 Å². The molecule has 1 aromatic carbocycles. The summed E-state index contributed by atoms with van der Waals surface area (Å²) < 4.78 is 5.16. The van der Waals surface area contributed by atoms with Crippen molar-refractivity contribution in [2.24, 2.45) is 0 Å². The fraction of sp³-hybridized carbons (Fsp3) is 0.143. The molecule has 0 aliphatic carbocycles. The molecule has 1 heterocycles. The van der Waals surface area contributed by atoms with E-state index in [1.165, 1.54) is 0 Å². The molecule has 0 amide bonds. The third kappa shape index (κ3) is 2.98. The molecule has 1 aromatic heterocycles. The van der Waals surface area contributed by atoms with Gasteiger partial charge >= 0.3 is 0 Å². The fourth-order valence-corrected chi connectivity index (χ4v) is 1.59. The molecule has 0 fully saturated rings. The van der Waals surface area contributed by atoms with Gasteiger partial charge in [-0.3, -0.25) is 0 Å². The Balaban J connectivity index is 2.04. The lowest BCUT2D eigenvalue weighted by Crippen LogP contribution is -2.00. The molecular formula is C14H13N3O. The van der Waals surface area contributed by atoms with Crippen molar-refractivity contribution >= 4 is 5.69 Å². The van der Waals surface area contributed by atoms with E-state index in [1.54, 1.807) is 19.4 Å². The number of nitrogens with one attached hydrogen (secondary N) is 1. The van der Waals surface area contributed by atoms with Crippen LogP contribution in [0.3, 0.4) is 0 Å². The molecule has 0 radical (unpaired) electrons. The number of hydrogen-bond acceptors (Lipinski definition) is 4. The topological polar surface area (TPSA) is 57.9 Å². The Morgan fingerprint density at radius 3 is 3.00 bits per heavy atom. The van der Waals surface area contributed by atoms with Gasteiger partial charge < -0.3 is 10.1 Å². The van der Waals surface area contributed by atoms with E-state index in [0.717, 1.165) is 17.0 Å². The number of rotatable bonds is 4. The lowest BCUT2D eigenvalue weighted by molar-refractivity contribution is 0.414. The first-order valence-electron chi connectivity index (χ1n) is 5.55. The number of pyridine rings is 1. The Bertz CT molecular complexity index is 575. The molecule has 0 saturated heterocycles. The molecule has 1 N–H and O–H groups in total. The number of aromatic nitrogens is 1. The van der Waals surface area contributed by atoms with E-state index < -0.39 is 0 Å². The zero-order chi connectivity index (χ0) is 12.8. The molecular weight excluding hydrogens is 226 g/mol. The van der Waals surface area contributed by atoms with Crippen molar-refractivity contribution < 1.29 is 4.74 Å². The van der Waals surface area contributed by atoms with Gasteiger partial charge in [0.1, 0.15) is 17.5 Å². The van der Waals surface area contributed by atoms with Crippen LogP contribution < -0.4 is 10.1 Å². The highest BCUT2D eigenvalue weighted by Gasteiger charge is 1.98. The van der Waals surface area contributed by atoms with E-state index >= 15 is 0 Å². The molecule has 4 heteroatoms. The second-order valence-electron chi connectivity index (χ2n) is 3.75. The summed E-state index contributed by atoms with van der Waals surface area (Å²) in [5.41, 5.74) is 2.40. The largest absolute Gasteiger partial charge is 0.497 e. The number of anilines is 1. The number of nitriles is 1. The summed E-state index contributed by atoms with van der Waals surface area (Å²) in [6.45, 7) is 0.673. The quantitative estimate of drug-likeness (QED) is 0.890. The van der Waals surface area contributed by atoms with Crippen LogP contribution in [0.15, 0.2) is 42.6 Å². The number of benzene rings is 1. The minimum Gasteiger partial charge on any atom is -0.497 e. The number of ether oxygens (including phenoxy) is 1. The van der Waals surface area contributed by atoms with Gasteiger partial charge in [-0.2, -0.15) is 5.26 Å². The van der Waals surface area contributed by atoms with Gasteiger partial charge in [-0.05, 0) is 29.8 Å². The summed E-state index contributed by atoms with van der Waals surface area (Å²) in [6.07, 6.45) is 1.62. The molecule has 0 aliphatic rings. The Kier molecular flexibility index (Phi) is 3.77. The average Bonchev–Trinajstić information content (AvgIpc) is 2.45. The van der Waals surface area contributed by atoms with Crippen LogP contribution in [-0.2, 0) is 6.54 Å². The van der Waals surface area contributed by atoms with Gasteiger partial charge in [0.2, 0.25) is 0 Å². The summed E-state index contributed by atoms with van der Waals surface area (Å²) in [5.74, 6) is 0.835. The lowest BCUT2D eigenvalue weighted by atomic mass is 10.2. The summed E-state index contributed by atoms with van der Waals surface area (Å²) in [4.78, 5) is 3.92. The van der Waals surface area contributed by atoms with Crippen LogP contribution in [-0.4, -0.2) is 12.1 Å². The first kappa shape index (κ1) is 11.9. The molecule has 2 rings (SSSR count). The molecule has 4 nitrogen and oxygen atoms in total. The number of methoxy groups -OCH3 is 1. The van der Waals surface area contributed by atoms with Crippen LogP contribution in [0.25, 0.3) is 0 Å². The molecule has 0 spiro atoms. The summed E-state index contributed by atoms with van der Waals surface area (Å²) >= 11 is 0. The third-order valence-corrected chi connectivity index (χ3v) is 2.51. The maximum atomic E-state index is 8.76. The van der Waals surface area contributed by atoms with Crippen molar-refractivity contribution in [3.05, 3.63) is 53.9 Å². The van der Waals surface area contributed by atoms with Crippen molar-refractivity contribution in [1.82, 2.24) is 4.98 Å². The normalized spacial score (nSPS) is 9.56. The molecule has 18 heavy (non-hydrogen) atoms. The van der Waals surface area contributed by atoms with E-state index in [-0.39, 0.29) is 0 Å². The van der Waals surface area contributed by atoms with Crippen LogP contribution >= 0.6 is 0 Å². The maximum Gasteiger partial charge on any atom is 0.142 e. The first-order chi connectivity index (χ1) is 8.81. The van der Waals surface area contributed by atoms with Crippen molar-refractivity contribution in [2.45, 2.75) is 6.54 Å². The Morgan fingerprint density at radius 1 is 1.33 bits per heavy atom. The summed E-state index contributed by atoms with van der Waals surface area (Å²) in [7, 11) is 1.65. The fourth-order valence-electron chi connectivity index (χ4n) is 1.59. The second kappa shape index (κ2) is 5.69. The summed E-state index contributed by atoms with van der Waals surface area (Å²) in [6, 6.07) is 13.4. The lowest BCUT2D eigenvalue weighted by Gasteiger charge is -2.07. The molecule has 0 aliphatic heterocycles. The van der Waals surface area contributed by atoms with Gasteiger partial charge in [0.25, 0.3) is 0 Å². The highest BCUT2D eigenvalue weighted by Crippen LogP contribution is 2.14. The minimum absolute atomic E-state index is 0.408. The molecule has 0 atom stereocenters. The molecule has 90 valence electrons. The smallest absolute Gasteiger partial charge is 0.142 e. The van der Waals surface area contributed by atoms with E-state index in [4.69, 9.17) is 10.00 Å². The van der Waals surface area contributed by atoms with Crippen LogP contribution in [0.2, 0.25) is 0 Å². The Hall–Kier alpha value is -2.54. The van der Waals surface area contributed by atoms with Gasteiger partial charge in [-0.1, -0.05) is 12.1 Å². The standard InChI is InChI=1S/C14H13N3O/c1-18-14-4-2-3-11(7-14)10-17-12-5-6-16-13(8-12)9-15/h2-8H,10H2,1H3,(H,16,17).